The Kier molecular flexibility index (Phi) is 3.38. The van der Waals surface area contributed by atoms with Gasteiger partial charge in [-0.2, -0.15) is 0 Å². The summed E-state index contributed by atoms with van der Waals surface area (Å²) < 4.78 is 1.16. The lowest BCUT2D eigenvalue weighted by molar-refractivity contribution is -0.120. The summed E-state index contributed by atoms with van der Waals surface area (Å²) in [6.45, 7) is -0.245. The summed E-state index contributed by atoms with van der Waals surface area (Å²) in [5, 5.41) is 6.55. The van der Waals surface area contributed by atoms with E-state index in [2.05, 4.69) is 15.6 Å². The molecular weight excluding hydrogens is 256 g/mol. The zero-order chi connectivity index (χ0) is 13.1. The van der Waals surface area contributed by atoms with Crippen molar-refractivity contribution in [3.05, 3.63) is 28.1 Å². The van der Waals surface area contributed by atoms with Crippen LogP contribution in [0.3, 0.4) is 0 Å². The molecule has 0 saturated carbocycles. The molecule has 0 aromatic carbocycles. The largest absolute Gasteiger partial charge is 0.341 e. The summed E-state index contributed by atoms with van der Waals surface area (Å²) in [7, 11) is 1.40. The second kappa shape index (κ2) is 4.96. The van der Waals surface area contributed by atoms with Gasteiger partial charge >= 0.3 is 6.03 Å². The van der Waals surface area contributed by atoms with Crippen molar-refractivity contribution in [2.75, 3.05) is 7.05 Å². The number of urea groups is 1. The lowest BCUT2D eigenvalue weighted by Gasteiger charge is -2.05. The predicted octanol–water partition coefficient (Wildman–Crippen LogP) is -0.0864. The summed E-state index contributed by atoms with van der Waals surface area (Å²) >= 11 is 1.35. The second-order valence-electron chi connectivity index (χ2n) is 3.44. The minimum absolute atomic E-state index is 0.245. The number of nitrogens with one attached hydrogen (secondary N) is 2. The minimum atomic E-state index is -0.613. The van der Waals surface area contributed by atoms with E-state index in [0.29, 0.717) is 10.2 Å². The Morgan fingerprint density at radius 3 is 3.00 bits per heavy atom. The van der Waals surface area contributed by atoms with Gasteiger partial charge in [-0.1, -0.05) is 0 Å². The van der Waals surface area contributed by atoms with E-state index in [1.54, 1.807) is 11.4 Å². The monoisotopic (exact) mass is 266 g/mol. The molecule has 0 fully saturated rings. The van der Waals surface area contributed by atoms with E-state index in [-0.39, 0.29) is 12.1 Å². The van der Waals surface area contributed by atoms with Crippen molar-refractivity contribution in [1.29, 1.82) is 0 Å². The first-order chi connectivity index (χ1) is 8.61. The van der Waals surface area contributed by atoms with Gasteiger partial charge in [0, 0.05) is 7.05 Å². The summed E-state index contributed by atoms with van der Waals surface area (Å²) in [6, 6.07) is 1.04. The zero-order valence-electron chi connectivity index (χ0n) is 9.47. The topological polar surface area (TPSA) is 93.1 Å². The first-order valence-electron chi connectivity index (χ1n) is 5.06. The number of hydrogen-bond donors (Lipinski definition) is 2. The van der Waals surface area contributed by atoms with Gasteiger partial charge in [0.05, 0.1) is 11.7 Å². The fourth-order valence-electron chi connectivity index (χ4n) is 1.39. The molecule has 0 aliphatic carbocycles. The molecule has 2 aromatic heterocycles. The number of nitrogens with zero attached hydrogens (tertiary/aromatic N) is 2. The lowest BCUT2D eigenvalue weighted by Crippen LogP contribution is -2.40. The number of fused-ring (bicyclic) bond motifs is 1. The average Bonchev–Trinajstić information content (AvgIpc) is 2.81. The highest BCUT2D eigenvalue weighted by Gasteiger charge is 2.10. The van der Waals surface area contributed by atoms with Crippen molar-refractivity contribution >= 4 is 33.5 Å². The smallest absolute Gasteiger partial charge is 0.321 e. The van der Waals surface area contributed by atoms with Crippen LogP contribution in [0.15, 0.2) is 22.6 Å². The highest BCUT2D eigenvalue weighted by molar-refractivity contribution is 7.16. The summed E-state index contributed by atoms with van der Waals surface area (Å²) in [6.07, 6.45) is 1.30. The normalized spacial score (nSPS) is 10.3. The average molecular weight is 266 g/mol. The van der Waals surface area contributed by atoms with Crippen LogP contribution in [0, 0.1) is 0 Å². The molecule has 2 rings (SSSR count). The Labute approximate surface area is 105 Å². The molecule has 2 N–H and O–H groups in total. The van der Waals surface area contributed by atoms with Crippen molar-refractivity contribution < 1.29 is 9.59 Å². The summed E-state index contributed by atoms with van der Waals surface area (Å²) in [4.78, 5) is 39.0. The van der Waals surface area contributed by atoms with Gasteiger partial charge in [-0.3, -0.25) is 19.5 Å². The molecule has 0 atom stereocenters. The number of hydrogen-bond acceptors (Lipinski definition) is 5. The van der Waals surface area contributed by atoms with Crippen LogP contribution in [-0.4, -0.2) is 28.5 Å². The van der Waals surface area contributed by atoms with Crippen LogP contribution in [0.1, 0.15) is 0 Å². The molecule has 0 aliphatic heterocycles. The molecule has 18 heavy (non-hydrogen) atoms. The number of amides is 3. The van der Waals surface area contributed by atoms with Gasteiger partial charge in [0.2, 0.25) is 5.91 Å². The van der Waals surface area contributed by atoms with Crippen LogP contribution in [0.25, 0.3) is 10.2 Å². The molecule has 7 nitrogen and oxygen atoms in total. The maximum atomic E-state index is 11.9. The molecule has 0 radical (unpaired) electrons. The van der Waals surface area contributed by atoms with Crippen LogP contribution < -0.4 is 16.2 Å². The highest BCUT2D eigenvalue weighted by atomic mass is 32.1. The predicted molar refractivity (Wildman–Crippen MR) is 66.5 cm³/mol. The van der Waals surface area contributed by atoms with Crippen molar-refractivity contribution in [3.8, 4) is 0 Å². The Bertz CT molecular complexity index is 660. The lowest BCUT2D eigenvalue weighted by atomic mass is 10.4. The van der Waals surface area contributed by atoms with E-state index < -0.39 is 11.9 Å². The highest BCUT2D eigenvalue weighted by Crippen LogP contribution is 2.12. The van der Waals surface area contributed by atoms with Gasteiger partial charge in [-0.25, -0.2) is 9.78 Å². The van der Waals surface area contributed by atoms with Gasteiger partial charge in [0.25, 0.3) is 5.56 Å². The van der Waals surface area contributed by atoms with Gasteiger partial charge in [-0.15, -0.1) is 11.3 Å². The SMILES string of the molecule is CNC(=O)NC(=O)Cn1cnc2sccc2c1=O. The minimum Gasteiger partial charge on any atom is -0.341 e. The van der Waals surface area contributed by atoms with Crippen LogP contribution in [0.4, 0.5) is 4.79 Å². The fourth-order valence-corrected chi connectivity index (χ4v) is 2.11. The molecule has 94 valence electrons. The van der Waals surface area contributed by atoms with Crippen molar-refractivity contribution in [3.63, 3.8) is 0 Å². The number of thiophene rings is 1. The van der Waals surface area contributed by atoms with Gasteiger partial charge < -0.3 is 5.32 Å². The van der Waals surface area contributed by atoms with E-state index in [1.807, 2.05) is 0 Å². The molecule has 0 aliphatic rings. The van der Waals surface area contributed by atoms with Crippen molar-refractivity contribution in [1.82, 2.24) is 20.2 Å². The first kappa shape index (κ1) is 12.2. The third kappa shape index (κ3) is 2.38. The third-order valence-corrected chi connectivity index (χ3v) is 3.07. The molecule has 3 amide bonds. The molecule has 2 aromatic rings. The van der Waals surface area contributed by atoms with Crippen LogP contribution in [0.2, 0.25) is 0 Å². The molecule has 0 spiro atoms. The van der Waals surface area contributed by atoms with Crippen LogP contribution in [0.5, 0.6) is 0 Å². The summed E-state index contributed by atoms with van der Waals surface area (Å²) in [5.74, 6) is -0.576. The van der Waals surface area contributed by atoms with E-state index in [9.17, 15) is 14.4 Å². The van der Waals surface area contributed by atoms with Crippen molar-refractivity contribution in [2.45, 2.75) is 6.54 Å². The van der Waals surface area contributed by atoms with Gasteiger partial charge in [0.1, 0.15) is 11.4 Å². The maximum Gasteiger partial charge on any atom is 0.321 e. The van der Waals surface area contributed by atoms with Crippen LogP contribution >= 0.6 is 11.3 Å². The second-order valence-corrected chi connectivity index (χ2v) is 4.34. The molecular formula is C10H10N4O3S. The molecule has 0 bridgehead atoms. The number of carbonyl (C=O) groups excluding carboxylic acids is 2. The van der Waals surface area contributed by atoms with Crippen LogP contribution in [-0.2, 0) is 11.3 Å². The quantitative estimate of drug-likeness (QED) is 0.794. The Balaban J connectivity index is 2.22. The number of imide groups is 1. The van der Waals surface area contributed by atoms with Crippen molar-refractivity contribution in [2.24, 2.45) is 0 Å². The third-order valence-electron chi connectivity index (χ3n) is 2.24. The zero-order valence-corrected chi connectivity index (χ0v) is 10.3. The van der Waals surface area contributed by atoms with Gasteiger partial charge in [-0.05, 0) is 11.4 Å². The summed E-state index contributed by atoms with van der Waals surface area (Å²) in [5.41, 5.74) is -0.298. The van der Waals surface area contributed by atoms with E-state index in [4.69, 9.17) is 0 Å². The van der Waals surface area contributed by atoms with E-state index >= 15 is 0 Å². The molecule has 2 heterocycles. The molecule has 0 unspecified atom stereocenters. The Morgan fingerprint density at radius 1 is 1.50 bits per heavy atom. The fraction of sp³-hybridized carbons (Fsp3) is 0.200. The Morgan fingerprint density at radius 2 is 2.28 bits per heavy atom. The number of rotatable bonds is 2. The first-order valence-corrected chi connectivity index (χ1v) is 5.94. The maximum absolute atomic E-state index is 11.9. The van der Waals surface area contributed by atoms with Gasteiger partial charge in [0.15, 0.2) is 0 Å². The van der Waals surface area contributed by atoms with E-state index in [0.717, 1.165) is 4.57 Å². The standard InChI is InChI=1S/C10H10N4O3S/c1-11-10(17)13-7(15)4-14-5-12-8-6(9(14)16)2-3-18-8/h2-3,5H,4H2,1H3,(H2,11,13,15,17). The Hall–Kier alpha value is -2.22. The number of carbonyl (C=O) groups is 2. The number of aromatic nitrogens is 2. The molecule has 8 heteroatoms. The molecule has 0 saturated heterocycles. The van der Waals surface area contributed by atoms with E-state index in [1.165, 1.54) is 24.7 Å².